The second-order valence-electron chi connectivity index (χ2n) is 8.07. The molecule has 31 heavy (non-hydrogen) atoms. The van der Waals surface area contributed by atoms with Gasteiger partial charge in [0.25, 0.3) is 0 Å². The topological polar surface area (TPSA) is 101 Å². The molecule has 1 saturated carbocycles. The highest BCUT2D eigenvalue weighted by molar-refractivity contribution is 7.91. The van der Waals surface area contributed by atoms with Crippen molar-refractivity contribution in [3.8, 4) is 0 Å². The lowest BCUT2D eigenvalue weighted by molar-refractivity contribution is -0.138. The highest BCUT2D eigenvalue weighted by Gasteiger charge is 2.35. The van der Waals surface area contributed by atoms with Crippen molar-refractivity contribution < 1.29 is 31.5 Å². The number of carboxylic acids is 1. The molecule has 0 spiro atoms. The average Bonchev–Trinajstić information content (AvgIpc) is 3.47. The minimum atomic E-state index is -4.63. The number of sulfone groups is 1. The molecule has 0 bridgehead atoms. The number of aromatic nitrogens is 2. The van der Waals surface area contributed by atoms with Gasteiger partial charge in [-0.15, -0.1) is 0 Å². The summed E-state index contributed by atoms with van der Waals surface area (Å²) in [6.07, 6.45) is 0.375. The molecule has 0 unspecified atom stereocenters. The molecule has 2 aromatic rings. The average molecular weight is 457 g/mol. The summed E-state index contributed by atoms with van der Waals surface area (Å²) in [4.78, 5) is 10.7. The molecule has 11 heteroatoms. The van der Waals surface area contributed by atoms with Gasteiger partial charge in [-0.25, -0.2) is 8.42 Å². The summed E-state index contributed by atoms with van der Waals surface area (Å²) in [7, 11) is -4.02. The largest absolute Gasteiger partial charge is 0.480 e. The van der Waals surface area contributed by atoms with Gasteiger partial charge in [-0.05, 0) is 61.8 Å². The second-order valence-corrected chi connectivity index (χ2v) is 10.1. The predicted molar refractivity (Wildman–Crippen MR) is 104 cm³/mol. The highest BCUT2D eigenvalue weighted by atomic mass is 32.2. The van der Waals surface area contributed by atoms with E-state index < -0.39 is 33.4 Å². The standard InChI is InChI=1S/C20H22F3N3O4S/c21-20(22,23)14-6-13(12-4-5-12)7-15(8-14)31(29,30)11-24-17-2-1-3-18-16(17)9-25-26(18)10-19(27)28/h6-9,12,17,24H,1-5,10-11H2,(H,27,28)/t17-/m1/s1. The molecular weight excluding hydrogens is 435 g/mol. The van der Waals surface area contributed by atoms with E-state index in [9.17, 15) is 26.4 Å². The summed E-state index contributed by atoms with van der Waals surface area (Å²) in [5.41, 5.74) is 0.915. The monoisotopic (exact) mass is 457 g/mol. The minimum absolute atomic E-state index is 0.0230. The lowest BCUT2D eigenvalue weighted by Crippen LogP contribution is -2.30. The van der Waals surface area contributed by atoms with Crippen LogP contribution in [0.4, 0.5) is 13.2 Å². The Morgan fingerprint density at radius 2 is 1.97 bits per heavy atom. The van der Waals surface area contributed by atoms with Gasteiger partial charge in [-0.2, -0.15) is 18.3 Å². The number of aliphatic carboxylic acids is 1. The fourth-order valence-corrected chi connectivity index (χ4v) is 5.22. The normalized spacial score (nSPS) is 19.3. The quantitative estimate of drug-likeness (QED) is 0.662. The third-order valence-corrected chi connectivity index (χ3v) is 7.23. The Balaban J connectivity index is 1.55. The number of hydrogen-bond acceptors (Lipinski definition) is 5. The zero-order valence-electron chi connectivity index (χ0n) is 16.5. The third-order valence-electron chi connectivity index (χ3n) is 5.73. The number of nitrogens with zero attached hydrogens (tertiary/aromatic N) is 2. The van der Waals surface area contributed by atoms with Crippen molar-refractivity contribution in [2.45, 2.75) is 61.7 Å². The van der Waals surface area contributed by atoms with Crippen molar-refractivity contribution in [2.24, 2.45) is 0 Å². The van der Waals surface area contributed by atoms with Crippen molar-refractivity contribution in [1.82, 2.24) is 15.1 Å². The molecule has 2 aliphatic rings. The van der Waals surface area contributed by atoms with Crippen LogP contribution in [0.25, 0.3) is 0 Å². The molecule has 1 fully saturated rings. The molecule has 0 aliphatic heterocycles. The highest BCUT2D eigenvalue weighted by Crippen LogP contribution is 2.43. The van der Waals surface area contributed by atoms with Gasteiger partial charge in [0.15, 0.2) is 9.84 Å². The van der Waals surface area contributed by atoms with Crippen LogP contribution in [0.5, 0.6) is 0 Å². The Morgan fingerprint density at radius 3 is 2.61 bits per heavy atom. The van der Waals surface area contributed by atoms with Crippen LogP contribution in [0.2, 0.25) is 0 Å². The lowest BCUT2D eigenvalue weighted by atomic mass is 9.93. The Labute approximate surface area is 177 Å². The van der Waals surface area contributed by atoms with Gasteiger partial charge in [0.05, 0.1) is 16.7 Å². The SMILES string of the molecule is O=C(O)Cn1ncc2c1CCC[C@H]2NCS(=O)(=O)c1cc(C2CC2)cc(C(F)(F)F)c1. The predicted octanol–water partition coefficient (Wildman–Crippen LogP) is 3.26. The van der Waals surface area contributed by atoms with E-state index in [1.807, 2.05) is 0 Å². The van der Waals surface area contributed by atoms with E-state index in [2.05, 4.69) is 10.4 Å². The lowest BCUT2D eigenvalue weighted by Gasteiger charge is -2.24. The molecule has 2 aliphatic carbocycles. The van der Waals surface area contributed by atoms with E-state index in [0.29, 0.717) is 30.9 Å². The van der Waals surface area contributed by atoms with Gasteiger partial charge in [0, 0.05) is 17.3 Å². The van der Waals surface area contributed by atoms with Crippen LogP contribution in [-0.4, -0.2) is 35.2 Å². The number of hydrogen-bond donors (Lipinski definition) is 2. The first-order chi connectivity index (χ1) is 14.5. The van der Waals surface area contributed by atoms with E-state index in [-0.39, 0.29) is 23.4 Å². The minimum Gasteiger partial charge on any atom is -0.480 e. The Morgan fingerprint density at radius 1 is 1.23 bits per heavy atom. The van der Waals surface area contributed by atoms with Crippen LogP contribution in [-0.2, 0) is 33.8 Å². The van der Waals surface area contributed by atoms with Crippen LogP contribution in [0.15, 0.2) is 29.3 Å². The Kier molecular flexibility index (Phi) is 5.59. The van der Waals surface area contributed by atoms with Crippen LogP contribution in [0.3, 0.4) is 0 Å². The van der Waals surface area contributed by atoms with Crippen molar-refractivity contribution in [3.63, 3.8) is 0 Å². The van der Waals surface area contributed by atoms with Crippen LogP contribution >= 0.6 is 0 Å². The fraction of sp³-hybridized carbons (Fsp3) is 0.500. The van der Waals surface area contributed by atoms with Crippen molar-refractivity contribution in [2.75, 3.05) is 5.88 Å². The first-order valence-electron chi connectivity index (χ1n) is 9.99. The number of rotatable bonds is 7. The summed E-state index contributed by atoms with van der Waals surface area (Å²) >= 11 is 0. The van der Waals surface area contributed by atoms with Gasteiger partial charge < -0.3 is 5.11 Å². The molecule has 2 N–H and O–H groups in total. The molecule has 0 radical (unpaired) electrons. The number of carbonyl (C=O) groups is 1. The first kappa shape index (κ1) is 21.8. The Hall–Kier alpha value is -2.40. The third kappa shape index (κ3) is 4.77. The van der Waals surface area contributed by atoms with E-state index in [1.165, 1.54) is 16.9 Å². The number of carboxylic acid groups (broad SMARTS) is 1. The fourth-order valence-electron chi connectivity index (χ4n) is 4.01. The van der Waals surface area contributed by atoms with Gasteiger partial charge in [0.2, 0.25) is 0 Å². The van der Waals surface area contributed by atoms with E-state index >= 15 is 0 Å². The number of nitrogens with one attached hydrogen (secondary N) is 1. The summed E-state index contributed by atoms with van der Waals surface area (Å²) in [6, 6.07) is 2.71. The maximum Gasteiger partial charge on any atom is 0.416 e. The Bertz CT molecular complexity index is 1110. The molecule has 0 amide bonds. The van der Waals surface area contributed by atoms with Crippen LogP contribution in [0.1, 0.15) is 60.0 Å². The summed E-state index contributed by atoms with van der Waals surface area (Å²) in [5.74, 6) is -1.57. The van der Waals surface area contributed by atoms with Gasteiger partial charge in [-0.1, -0.05) is 0 Å². The molecule has 4 rings (SSSR count). The number of halogens is 3. The second kappa shape index (κ2) is 7.94. The molecular formula is C20H22F3N3O4S. The van der Waals surface area contributed by atoms with E-state index in [1.54, 1.807) is 0 Å². The maximum atomic E-state index is 13.3. The zero-order valence-corrected chi connectivity index (χ0v) is 17.3. The molecule has 168 valence electrons. The van der Waals surface area contributed by atoms with Crippen molar-refractivity contribution >= 4 is 15.8 Å². The smallest absolute Gasteiger partial charge is 0.416 e. The zero-order chi connectivity index (χ0) is 22.4. The van der Waals surface area contributed by atoms with Gasteiger partial charge in [-0.3, -0.25) is 14.8 Å². The molecule has 0 saturated heterocycles. The van der Waals surface area contributed by atoms with Gasteiger partial charge >= 0.3 is 12.1 Å². The summed E-state index contributed by atoms with van der Waals surface area (Å²) < 4.78 is 67.0. The van der Waals surface area contributed by atoms with E-state index in [0.717, 1.165) is 30.2 Å². The van der Waals surface area contributed by atoms with Gasteiger partial charge in [0.1, 0.15) is 12.4 Å². The molecule has 1 heterocycles. The van der Waals surface area contributed by atoms with Crippen LogP contribution < -0.4 is 5.32 Å². The van der Waals surface area contributed by atoms with Crippen molar-refractivity contribution in [1.29, 1.82) is 0 Å². The molecule has 1 atom stereocenters. The van der Waals surface area contributed by atoms with Crippen LogP contribution in [0, 0.1) is 0 Å². The number of fused-ring (bicyclic) bond motifs is 1. The van der Waals surface area contributed by atoms with Crippen molar-refractivity contribution in [3.05, 3.63) is 46.8 Å². The number of benzene rings is 1. The summed E-state index contributed by atoms with van der Waals surface area (Å²) in [5, 5.41) is 16.0. The molecule has 1 aromatic carbocycles. The summed E-state index contributed by atoms with van der Waals surface area (Å²) in [6.45, 7) is -0.283. The number of alkyl halides is 3. The van der Waals surface area contributed by atoms with E-state index in [4.69, 9.17) is 5.11 Å². The first-order valence-corrected chi connectivity index (χ1v) is 11.6. The molecule has 1 aromatic heterocycles. The maximum absolute atomic E-state index is 13.3. The molecule has 7 nitrogen and oxygen atoms in total.